The lowest BCUT2D eigenvalue weighted by atomic mass is 10.1. The van der Waals surface area contributed by atoms with Crippen molar-refractivity contribution in [3.8, 4) is 0 Å². The largest absolute Gasteiger partial charge is 0.388 e. The van der Waals surface area contributed by atoms with E-state index in [0.717, 1.165) is 13.0 Å². The van der Waals surface area contributed by atoms with E-state index in [1.165, 1.54) is 0 Å². The number of aliphatic hydroxyl groups excluding tert-OH is 1. The topological polar surface area (TPSA) is 47.9 Å². The number of hydrogen-bond acceptors (Lipinski definition) is 4. The first-order valence-corrected chi connectivity index (χ1v) is 4.85. The van der Waals surface area contributed by atoms with Gasteiger partial charge in [0, 0.05) is 6.61 Å². The van der Waals surface area contributed by atoms with Crippen LogP contribution in [0.1, 0.15) is 13.3 Å². The van der Waals surface area contributed by atoms with Gasteiger partial charge in [-0.15, -0.1) is 0 Å². The normalized spacial score (nSPS) is 43.8. The lowest BCUT2D eigenvalue weighted by Crippen LogP contribution is -2.32. The van der Waals surface area contributed by atoms with Crippen LogP contribution in [0.3, 0.4) is 0 Å². The fraction of sp³-hybridized carbons (Fsp3) is 1.00. The van der Waals surface area contributed by atoms with Gasteiger partial charge in [-0.2, -0.15) is 0 Å². The SMILES string of the molecule is CCCO[C@@H]1CO[C@H]2[C@@H]1OC[C@H]2O. The highest BCUT2D eigenvalue weighted by Gasteiger charge is 2.47. The molecule has 2 rings (SSSR count). The zero-order valence-corrected chi connectivity index (χ0v) is 7.81. The predicted molar refractivity (Wildman–Crippen MR) is 45.5 cm³/mol. The number of aliphatic hydroxyl groups is 1. The first-order chi connectivity index (χ1) is 6.33. The molecule has 0 radical (unpaired) electrons. The summed E-state index contributed by atoms with van der Waals surface area (Å²) in [4.78, 5) is 0. The van der Waals surface area contributed by atoms with Gasteiger partial charge in [0.1, 0.15) is 24.4 Å². The molecule has 2 saturated heterocycles. The van der Waals surface area contributed by atoms with E-state index >= 15 is 0 Å². The molecule has 2 aliphatic heterocycles. The average molecular weight is 188 g/mol. The maximum absolute atomic E-state index is 9.44. The summed E-state index contributed by atoms with van der Waals surface area (Å²) in [5.41, 5.74) is 0. The molecule has 0 amide bonds. The van der Waals surface area contributed by atoms with Crippen LogP contribution in [-0.2, 0) is 14.2 Å². The van der Waals surface area contributed by atoms with Gasteiger partial charge >= 0.3 is 0 Å². The van der Waals surface area contributed by atoms with Crippen molar-refractivity contribution in [2.75, 3.05) is 19.8 Å². The highest BCUT2D eigenvalue weighted by Crippen LogP contribution is 2.28. The molecule has 0 spiro atoms. The van der Waals surface area contributed by atoms with Crippen LogP contribution in [0, 0.1) is 0 Å². The van der Waals surface area contributed by atoms with E-state index in [4.69, 9.17) is 14.2 Å². The molecule has 2 aliphatic rings. The van der Waals surface area contributed by atoms with Gasteiger partial charge in [-0.05, 0) is 6.42 Å². The summed E-state index contributed by atoms with van der Waals surface area (Å²) in [5, 5.41) is 9.44. The minimum Gasteiger partial charge on any atom is -0.388 e. The summed E-state index contributed by atoms with van der Waals surface area (Å²) in [6, 6.07) is 0. The molecular weight excluding hydrogens is 172 g/mol. The second kappa shape index (κ2) is 3.92. The average Bonchev–Trinajstić information content (AvgIpc) is 2.67. The molecule has 0 bridgehead atoms. The van der Waals surface area contributed by atoms with Crippen LogP contribution in [0.15, 0.2) is 0 Å². The van der Waals surface area contributed by atoms with Crippen LogP contribution >= 0.6 is 0 Å². The molecule has 4 nitrogen and oxygen atoms in total. The van der Waals surface area contributed by atoms with E-state index in [9.17, 15) is 5.11 Å². The Kier molecular flexibility index (Phi) is 2.83. The van der Waals surface area contributed by atoms with E-state index < -0.39 is 6.10 Å². The summed E-state index contributed by atoms with van der Waals surface area (Å²) in [5.74, 6) is 0. The second-order valence-electron chi connectivity index (χ2n) is 3.57. The van der Waals surface area contributed by atoms with Crippen LogP contribution < -0.4 is 0 Å². The summed E-state index contributed by atoms with van der Waals surface area (Å²) < 4.78 is 16.4. The molecule has 0 aromatic heterocycles. The molecule has 13 heavy (non-hydrogen) atoms. The van der Waals surface area contributed by atoms with Crippen LogP contribution in [-0.4, -0.2) is 49.3 Å². The van der Waals surface area contributed by atoms with Gasteiger partial charge < -0.3 is 19.3 Å². The zero-order chi connectivity index (χ0) is 9.26. The van der Waals surface area contributed by atoms with E-state index in [-0.39, 0.29) is 18.3 Å². The summed E-state index contributed by atoms with van der Waals surface area (Å²) in [6.07, 6.45) is 0.321. The zero-order valence-electron chi connectivity index (χ0n) is 7.81. The molecule has 0 aliphatic carbocycles. The van der Waals surface area contributed by atoms with Crippen molar-refractivity contribution >= 4 is 0 Å². The molecule has 0 aromatic carbocycles. The minimum absolute atomic E-state index is 0.0158. The minimum atomic E-state index is -0.472. The Morgan fingerprint density at radius 2 is 2.08 bits per heavy atom. The molecular formula is C9H16O4. The maximum atomic E-state index is 9.44. The highest BCUT2D eigenvalue weighted by molar-refractivity contribution is 4.94. The van der Waals surface area contributed by atoms with Crippen molar-refractivity contribution in [2.45, 2.75) is 37.8 Å². The van der Waals surface area contributed by atoms with E-state index in [1.807, 2.05) is 0 Å². The molecule has 2 fully saturated rings. The molecule has 0 saturated carbocycles. The van der Waals surface area contributed by atoms with Crippen molar-refractivity contribution in [1.29, 1.82) is 0 Å². The smallest absolute Gasteiger partial charge is 0.115 e. The lowest BCUT2D eigenvalue weighted by Gasteiger charge is -2.15. The van der Waals surface area contributed by atoms with Gasteiger partial charge in [-0.1, -0.05) is 6.92 Å². The van der Waals surface area contributed by atoms with Gasteiger partial charge in [0.15, 0.2) is 0 Å². The Labute approximate surface area is 77.8 Å². The van der Waals surface area contributed by atoms with Crippen LogP contribution in [0.25, 0.3) is 0 Å². The molecule has 0 aromatic rings. The van der Waals surface area contributed by atoms with Crippen molar-refractivity contribution in [3.05, 3.63) is 0 Å². The molecule has 2 heterocycles. The second-order valence-corrected chi connectivity index (χ2v) is 3.57. The van der Waals surface area contributed by atoms with E-state index in [0.29, 0.717) is 13.2 Å². The molecule has 76 valence electrons. The number of rotatable bonds is 3. The number of fused-ring (bicyclic) bond motifs is 1. The number of ether oxygens (including phenoxy) is 3. The van der Waals surface area contributed by atoms with E-state index in [2.05, 4.69) is 6.92 Å². The van der Waals surface area contributed by atoms with Gasteiger partial charge in [0.05, 0.1) is 13.2 Å². The summed E-state index contributed by atoms with van der Waals surface area (Å²) in [6.45, 7) is 3.72. The quantitative estimate of drug-likeness (QED) is 0.674. The van der Waals surface area contributed by atoms with Crippen LogP contribution in [0.5, 0.6) is 0 Å². The van der Waals surface area contributed by atoms with Gasteiger partial charge in [-0.3, -0.25) is 0 Å². The van der Waals surface area contributed by atoms with Gasteiger partial charge in [-0.25, -0.2) is 0 Å². The standard InChI is InChI=1S/C9H16O4/c1-2-3-11-7-5-13-8-6(10)4-12-9(7)8/h6-10H,2-5H2,1H3/t6-,7-,8-,9-/m1/s1. The van der Waals surface area contributed by atoms with Crippen molar-refractivity contribution in [3.63, 3.8) is 0 Å². The van der Waals surface area contributed by atoms with Crippen molar-refractivity contribution in [1.82, 2.24) is 0 Å². The van der Waals surface area contributed by atoms with Gasteiger partial charge in [0.2, 0.25) is 0 Å². The third-order valence-electron chi connectivity index (χ3n) is 2.52. The summed E-state index contributed by atoms with van der Waals surface area (Å²) >= 11 is 0. The third-order valence-corrected chi connectivity index (χ3v) is 2.52. The first-order valence-electron chi connectivity index (χ1n) is 4.85. The van der Waals surface area contributed by atoms with Crippen LogP contribution in [0.2, 0.25) is 0 Å². The fourth-order valence-corrected chi connectivity index (χ4v) is 1.86. The fourth-order valence-electron chi connectivity index (χ4n) is 1.86. The van der Waals surface area contributed by atoms with Crippen LogP contribution in [0.4, 0.5) is 0 Å². The van der Waals surface area contributed by atoms with Gasteiger partial charge in [0.25, 0.3) is 0 Å². The highest BCUT2D eigenvalue weighted by atomic mass is 16.6. The molecule has 0 unspecified atom stereocenters. The Bertz CT molecular complexity index is 173. The van der Waals surface area contributed by atoms with E-state index in [1.54, 1.807) is 0 Å². The van der Waals surface area contributed by atoms with Crippen molar-refractivity contribution < 1.29 is 19.3 Å². The Morgan fingerprint density at radius 3 is 2.85 bits per heavy atom. The number of hydrogen-bond donors (Lipinski definition) is 1. The lowest BCUT2D eigenvalue weighted by molar-refractivity contribution is -0.0366. The summed E-state index contributed by atoms with van der Waals surface area (Å²) in [7, 11) is 0. The van der Waals surface area contributed by atoms with Crippen molar-refractivity contribution in [2.24, 2.45) is 0 Å². The molecule has 4 atom stereocenters. The Hall–Kier alpha value is -0.160. The predicted octanol–water partition coefficient (Wildman–Crippen LogP) is -0.0599. The molecule has 1 N–H and O–H groups in total. The third kappa shape index (κ3) is 1.72. The molecule has 4 heteroatoms. The Morgan fingerprint density at radius 1 is 1.31 bits per heavy atom. The Balaban J connectivity index is 1.87. The first kappa shape index (κ1) is 9.40. The monoisotopic (exact) mass is 188 g/mol. The maximum Gasteiger partial charge on any atom is 0.115 e.